The van der Waals surface area contributed by atoms with Crippen LogP contribution in [-0.2, 0) is 0 Å². The maximum Gasteiger partial charge on any atom is 0.103 e. The van der Waals surface area contributed by atoms with E-state index in [1.807, 2.05) is 0 Å². The molecular weight excluding hydrogens is 86.1 g/mol. The zero-order valence-electron chi connectivity index (χ0n) is 4.52. The predicted molar refractivity (Wildman–Crippen MR) is 29.7 cm³/mol. The molecule has 1 heteroatoms. The van der Waals surface area contributed by atoms with Gasteiger partial charge in [0, 0.05) is 6.92 Å². The molecular formula is C6H10N+. The molecule has 0 amide bonds. The summed E-state index contributed by atoms with van der Waals surface area (Å²) in [6.45, 7) is 3.23. The van der Waals surface area contributed by atoms with Gasteiger partial charge in [-0.3, -0.25) is 0 Å². The lowest BCUT2D eigenvalue weighted by atomic mass is 10.3. The summed E-state index contributed by atoms with van der Waals surface area (Å²) in [4.78, 5) is 0. The Balaban J connectivity index is 2.57. The Labute approximate surface area is 43.7 Å². The molecule has 0 saturated heterocycles. The van der Waals surface area contributed by atoms with Crippen LogP contribution in [0.1, 0.15) is 6.92 Å². The molecule has 38 valence electrons. The standard InChI is InChI=1S/C6H9N/c1-6-4-2-3-5-7-6/h2-4,7H,5H2,1H3/p+1. The molecule has 0 bridgehead atoms. The molecule has 1 rings (SSSR count). The van der Waals surface area contributed by atoms with Crippen LogP contribution in [0, 0.1) is 0 Å². The zero-order chi connectivity index (χ0) is 5.11. The quantitative estimate of drug-likeness (QED) is 0.438. The Bertz CT molecular complexity index is 111. The lowest BCUT2D eigenvalue weighted by Crippen LogP contribution is -2.81. The van der Waals surface area contributed by atoms with Crippen molar-refractivity contribution in [1.29, 1.82) is 0 Å². The summed E-state index contributed by atoms with van der Waals surface area (Å²) in [5.41, 5.74) is 1.38. The summed E-state index contributed by atoms with van der Waals surface area (Å²) in [6, 6.07) is 0. The molecule has 2 N–H and O–H groups in total. The number of allylic oxidation sites excluding steroid dienone is 3. The summed E-state index contributed by atoms with van der Waals surface area (Å²) < 4.78 is 0. The van der Waals surface area contributed by atoms with Crippen molar-refractivity contribution in [2.45, 2.75) is 6.92 Å². The summed E-state index contributed by atoms with van der Waals surface area (Å²) in [5, 5.41) is 2.21. The fraction of sp³-hybridized carbons (Fsp3) is 0.333. The summed E-state index contributed by atoms with van der Waals surface area (Å²) in [6.07, 6.45) is 6.35. The van der Waals surface area contributed by atoms with Gasteiger partial charge < -0.3 is 5.32 Å². The van der Waals surface area contributed by atoms with Gasteiger partial charge in [0.1, 0.15) is 5.70 Å². The highest BCUT2D eigenvalue weighted by atomic mass is 14.9. The first-order valence-electron chi connectivity index (χ1n) is 2.56. The van der Waals surface area contributed by atoms with E-state index in [2.05, 4.69) is 30.5 Å². The Morgan fingerprint density at radius 2 is 2.57 bits per heavy atom. The van der Waals surface area contributed by atoms with Gasteiger partial charge in [0.15, 0.2) is 0 Å². The molecule has 1 aliphatic rings. The molecule has 0 spiro atoms. The maximum absolute atomic E-state index is 2.21. The van der Waals surface area contributed by atoms with E-state index in [9.17, 15) is 0 Å². The van der Waals surface area contributed by atoms with Crippen LogP contribution in [0.4, 0.5) is 0 Å². The highest BCUT2D eigenvalue weighted by Gasteiger charge is 1.91. The van der Waals surface area contributed by atoms with Gasteiger partial charge in [-0.05, 0) is 12.2 Å². The first kappa shape index (κ1) is 4.60. The van der Waals surface area contributed by atoms with E-state index < -0.39 is 0 Å². The molecule has 0 aromatic carbocycles. The van der Waals surface area contributed by atoms with Gasteiger partial charge in [-0.1, -0.05) is 6.08 Å². The Morgan fingerprint density at radius 3 is 2.86 bits per heavy atom. The van der Waals surface area contributed by atoms with Gasteiger partial charge in [-0.2, -0.15) is 0 Å². The smallest absolute Gasteiger partial charge is 0.103 e. The predicted octanol–water partition coefficient (Wildman–Crippen LogP) is 0.0234. The molecule has 1 nitrogen and oxygen atoms in total. The van der Waals surface area contributed by atoms with Crippen molar-refractivity contribution in [2.75, 3.05) is 6.54 Å². The Kier molecular flexibility index (Phi) is 1.27. The van der Waals surface area contributed by atoms with Crippen molar-refractivity contribution >= 4 is 0 Å². The van der Waals surface area contributed by atoms with Crippen LogP contribution in [0.25, 0.3) is 0 Å². The van der Waals surface area contributed by atoms with Gasteiger partial charge in [0.25, 0.3) is 0 Å². The largest absolute Gasteiger partial charge is 0.314 e. The highest BCUT2D eigenvalue weighted by Crippen LogP contribution is 1.83. The van der Waals surface area contributed by atoms with Gasteiger partial charge in [0.05, 0.1) is 6.54 Å². The van der Waals surface area contributed by atoms with Crippen LogP contribution >= 0.6 is 0 Å². The second kappa shape index (κ2) is 1.94. The molecule has 0 aliphatic carbocycles. The normalized spacial score (nSPS) is 19.3. The Morgan fingerprint density at radius 1 is 1.71 bits per heavy atom. The van der Waals surface area contributed by atoms with E-state index in [-0.39, 0.29) is 0 Å². The van der Waals surface area contributed by atoms with Gasteiger partial charge >= 0.3 is 0 Å². The molecule has 7 heavy (non-hydrogen) atoms. The second-order valence-corrected chi connectivity index (χ2v) is 1.78. The van der Waals surface area contributed by atoms with E-state index in [4.69, 9.17) is 0 Å². The summed E-state index contributed by atoms with van der Waals surface area (Å²) in [5.74, 6) is 0. The fourth-order valence-electron chi connectivity index (χ4n) is 0.620. The van der Waals surface area contributed by atoms with Crippen LogP contribution in [0.3, 0.4) is 0 Å². The lowest BCUT2D eigenvalue weighted by Gasteiger charge is -1.97. The van der Waals surface area contributed by atoms with Crippen molar-refractivity contribution in [1.82, 2.24) is 0 Å². The molecule has 1 heterocycles. The minimum atomic E-state index is 1.11. The van der Waals surface area contributed by atoms with Crippen LogP contribution in [0.2, 0.25) is 0 Å². The number of hydrogen-bond donors (Lipinski definition) is 1. The van der Waals surface area contributed by atoms with E-state index in [0.29, 0.717) is 0 Å². The van der Waals surface area contributed by atoms with Crippen molar-refractivity contribution in [3.63, 3.8) is 0 Å². The first-order chi connectivity index (χ1) is 3.39. The average molecular weight is 96.2 g/mol. The summed E-state index contributed by atoms with van der Waals surface area (Å²) in [7, 11) is 0. The van der Waals surface area contributed by atoms with Gasteiger partial charge in [0.2, 0.25) is 0 Å². The van der Waals surface area contributed by atoms with Gasteiger partial charge in [-0.25, -0.2) is 0 Å². The van der Waals surface area contributed by atoms with Crippen LogP contribution in [-0.4, -0.2) is 6.54 Å². The first-order valence-corrected chi connectivity index (χ1v) is 2.56. The third-order valence-electron chi connectivity index (χ3n) is 1.07. The Hall–Kier alpha value is -0.560. The van der Waals surface area contributed by atoms with Crippen LogP contribution in [0.15, 0.2) is 23.9 Å². The van der Waals surface area contributed by atoms with E-state index in [1.165, 1.54) is 5.70 Å². The molecule has 0 unspecified atom stereocenters. The van der Waals surface area contributed by atoms with Crippen molar-refractivity contribution in [3.8, 4) is 0 Å². The lowest BCUT2D eigenvalue weighted by molar-refractivity contribution is -0.597. The molecule has 0 atom stereocenters. The van der Waals surface area contributed by atoms with Gasteiger partial charge in [-0.15, -0.1) is 0 Å². The van der Waals surface area contributed by atoms with E-state index >= 15 is 0 Å². The maximum atomic E-state index is 2.21. The zero-order valence-corrected chi connectivity index (χ0v) is 4.52. The van der Waals surface area contributed by atoms with E-state index in [0.717, 1.165) is 6.54 Å². The molecule has 0 saturated carbocycles. The number of quaternary nitrogens is 1. The number of rotatable bonds is 0. The van der Waals surface area contributed by atoms with Crippen LogP contribution in [0.5, 0.6) is 0 Å². The summed E-state index contributed by atoms with van der Waals surface area (Å²) >= 11 is 0. The molecule has 0 aromatic rings. The molecule has 1 aliphatic heterocycles. The minimum absolute atomic E-state index is 1.11. The third kappa shape index (κ3) is 1.16. The van der Waals surface area contributed by atoms with Crippen LogP contribution < -0.4 is 5.32 Å². The third-order valence-corrected chi connectivity index (χ3v) is 1.07. The highest BCUT2D eigenvalue weighted by molar-refractivity contribution is 5.07. The molecule has 0 aromatic heterocycles. The van der Waals surface area contributed by atoms with Crippen molar-refractivity contribution < 1.29 is 5.32 Å². The average Bonchev–Trinajstić information content (AvgIpc) is 1.69. The fourth-order valence-corrected chi connectivity index (χ4v) is 0.620. The minimum Gasteiger partial charge on any atom is -0.314 e. The molecule has 0 fully saturated rings. The monoisotopic (exact) mass is 96.1 g/mol. The van der Waals surface area contributed by atoms with Crippen molar-refractivity contribution in [2.24, 2.45) is 0 Å². The number of nitrogens with two attached hydrogens (primary N) is 1. The molecule has 0 radical (unpaired) electrons. The van der Waals surface area contributed by atoms with E-state index in [1.54, 1.807) is 0 Å². The second-order valence-electron chi connectivity index (χ2n) is 1.78. The SMILES string of the molecule is CC1=CC=CC[NH2+]1. The topological polar surface area (TPSA) is 16.6 Å². The van der Waals surface area contributed by atoms with Crippen molar-refractivity contribution in [3.05, 3.63) is 23.9 Å². The number of hydrogen-bond acceptors (Lipinski definition) is 0.